The zero-order valence-corrected chi connectivity index (χ0v) is 47.3. The molecule has 3 saturated heterocycles. The van der Waals surface area contributed by atoms with Crippen molar-refractivity contribution < 1.29 is 65.8 Å². The number of aliphatic hydroxyl groups is 2. The molecule has 1 amide bonds. The number of aliphatic hydroxyl groups excluding tert-OH is 1. The van der Waals surface area contributed by atoms with Crippen molar-refractivity contribution in [3.63, 3.8) is 0 Å². The van der Waals surface area contributed by atoms with Crippen molar-refractivity contribution in [1.29, 1.82) is 0 Å². The summed E-state index contributed by atoms with van der Waals surface area (Å²) in [6.45, 7) is 16.8. The predicted octanol–water partition coefficient (Wildman–Crippen LogP) is 7.95. The van der Waals surface area contributed by atoms with Crippen LogP contribution in [-0.4, -0.2) is 152 Å². The molecule has 18 heteroatoms. The Labute approximate surface area is 436 Å². The first kappa shape index (κ1) is 61.0. The lowest BCUT2D eigenvalue weighted by atomic mass is 9.78. The van der Waals surface area contributed by atoms with E-state index in [4.69, 9.17) is 23.5 Å². The fourth-order valence-corrected chi connectivity index (χ4v) is 14.5. The lowest BCUT2D eigenvalue weighted by Gasteiger charge is -2.43. The van der Waals surface area contributed by atoms with Gasteiger partial charge in [-0.05, 0) is 133 Å². The lowest BCUT2D eigenvalue weighted by molar-refractivity contribution is -0.264. The molecule has 2 bridgehead atoms. The van der Waals surface area contributed by atoms with Gasteiger partial charge in [-0.25, -0.2) is 13.2 Å². The Morgan fingerprint density at radius 3 is 2.21 bits per heavy atom. The maximum atomic E-state index is 14.6. The molecule has 414 valence electrons. The standard InChI is InChI=1S/C55H89N2O14PS/c1-35-18-13-12-14-19-37(3)45(57-28-17-29-73(57,65)66)34-43-24-22-41(7)55(63,70-43)52(60)53(61)56-27-16-15-20-44(56)54(62)69-46(38(4)32-42-23-26-47(48(33-42)67-8)71-72(10,11)64)25-21-36(2)31-40(6)50(59)51(68-9)49(58)39(5)30-35/h12-14,18-19,31,35-36,38-39,41-48,50-51,59,63H,15-17,20-30,32-34H2,1-11H3/b14-12+,18-13+,37-19+,40-31+/t35-,36+,38-,39-,41-,42+,43+,44+,45?,46+,47-,48-,50-,51+,55-/m1/s1. The van der Waals surface area contributed by atoms with Crippen molar-refractivity contribution in [2.24, 2.45) is 35.5 Å². The molecule has 15 atom stereocenters. The number of hydrogen-bond donors (Lipinski definition) is 2. The molecular weight excluding hydrogens is 976 g/mol. The molecule has 0 radical (unpaired) electrons. The monoisotopic (exact) mass is 1060 g/mol. The number of cyclic esters (lactones) is 1. The molecule has 73 heavy (non-hydrogen) atoms. The van der Waals surface area contributed by atoms with E-state index in [1.807, 2.05) is 71.1 Å². The minimum absolute atomic E-state index is 0.00174. The van der Waals surface area contributed by atoms with E-state index >= 15 is 0 Å². The number of carbonyl (C=O) groups excluding carboxylic acids is 4. The molecule has 0 aromatic rings. The number of carbonyl (C=O) groups is 4. The van der Waals surface area contributed by atoms with Crippen LogP contribution in [0.4, 0.5) is 0 Å². The average Bonchev–Trinajstić information content (AvgIpc) is 3.69. The molecule has 4 fully saturated rings. The third-order valence-electron chi connectivity index (χ3n) is 16.1. The third-order valence-corrected chi connectivity index (χ3v) is 18.8. The number of rotatable bonds is 8. The van der Waals surface area contributed by atoms with Crippen molar-refractivity contribution >= 4 is 40.8 Å². The summed E-state index contributed by atoms with van der Waals surface area (Å²) in [4.78, 5) is 58.6. The van der Waals surface area contributed by atoms with Crippen molar-refractivity contribution in [3.8, 4) is 0 Å². The number of allylic oxidation sites excluding steroid dienone is 6. The summed E-state index contributed by atoms with van der Waals surface area (Å²) >= 11 is 0. The van der Waals surface area contributed by atoms with Gasteiger partial charge in [0.2, 0.25) is 15.8 Å². The zero-order chi connectivity index (χ0) is 54.0. The second-order valence-electron chi connectivity index (χ2n) is 22.6. The highest BCUT2D eigenvalue weighted by Gasteiger charge is 2.53. The van der Waals surface area contributed by atoms with Gasteiger partial charge in [0.15, 0.2) is 13.2 Å². The van der Waals surface area contributed by atoms with Crippen molar-refractivity contribution in [3.05, 3.63) is 47.6 Å². The highest BCUT2D eigenvalue weighted by Crippen LogP contribution is 2.45. The van der Waals surface area contributed by atoms with Crippen LogP contribution in [0, 0.1) is 35.5 Å². The third kappa shape index (κ3) is 16.3. The number of nitrogens with zero attached hydrogens (tertiary/aromatic N) is 2. The Morgan fingerprint density at radius 1 is 0.822 bits per heavy atom. The number of sulfonamides is 1. The van der Waals surface area contributed by atoms with E-state index < -0.39 is 89.2 Å². The van der Waals surface area contributed by atoms with Gasteiger partial charge in [-0.3, -0.25) is 18.9 Å². The molecule has 16 nitrogen and oxygen atoms in total. The van der Waals surface area contributed by atoms with Crippen molar-refractivity contribution in [2.45, 2.75) is 193 Å². The second-order valence-corrected chi connectivity index (χ2v) is 27.3. The number of amides is 1. The van der Waals surface area contributed by atoms with Gasteiger partial charge in [0.25, 0.3) is 11.7 Å². The minimum Gasteiger partial charge on any atom is -0.461 e. The Balaban J connectivity index is 1.48. The summed E-state index contributed by atoms with van der Waals surface area (Å²) in [6, 6.07) is -1.75. The van der Waals surface area contributed by atoms with Gasteiger partial charge in [-0.1, -0.05) is 76.6 Å². The first-order valence-corrected chi connectivity index (χ1v) is 31.1. The summed E-state index contributed by atoms with van der Waals surface area (Å²) in [6.07, 6.45) is 14.1. The van der Waals surface area contributed by atoms with E-state index in [1.54, 1.807) is 34.3 Å². The van der Waals surface area contributed by atoms with Gasteiger partial charge < -0.3 is 38.6 Å². The lowest BCUT2D eigenvalue weighted by Crippen LogP contribution is -2.61. The van der Waals surface area contributed by atoms with Gasteiger partial charge in [0.05, 0.1) is 24.1 Å². The first-order chi connectivity index (χ1) is 34.3. The smallest absolute Gasteiger partial charge is 0.329 e. The topological polar surface area (TPSA) is 213 Å². The fraction of sp³-hybridized carbons (Fsp3) is 0.782. The zero-order valence-electron chi connectivity index (χ0n) is 45.6. The average molecular weight is 1070 g/mol. The number of ether oxygens (including phenoxy) is 4. The summed E-state index contributed by atoms with van der Waals surface area (Å²) < 4.78 is 71.1. The van der Waals surface area contributed by atoms with Gasteiger partial charge in [-0.2, -0.15) is 4.31 Å². The Morgan fingerprint density at radius 2 is 1.55 bits per heavy atom. The van der Waals surface area contributed by atoms with Crippen LogP contribution in [0.25, 0.3) is 0 Å². The maximum Gasteiger partial charge on any atom is 0.329 e. The molecule has 2 N–H and O–H groups in total. The van der Waals surface area contributed by atoms with Crippen molar-refractivity contribution in [2.75, 3.05) is 46.4 Å². The van der Waals surface area contributed by atoms with E-state index in [1.165, 1.54) is 16.3 Å². The Bertz CT molecular complexity index is 2190. The summed E-state index contributed by atoms with van der Waals surface area (Å²) in [5.41, 5.74) is 1.31. The number of ketones is 2. The number of hydrogen-bond acceptors (Lipinski definition) is 14. The van der Waals surface area contributed by atoms with Crippen LogP contribution in [0.15, 0.2) is 47.6 Å². The van der Waals surface area contributed by atoms with E-state index in [0.717, 1.165) is 12.0 Å². The van der Waals surface area contributed by atoms with Crippen molar-refractivity contribution in [1.82, 2.24) is 9.21 Å². The second kappa shape index (κ2) is 27.0. The maximum absolute atomic E-state index is 14.6. The fourth-order valence-electron chi connectivity index (χ4n) is 11.8. The van der Waals surface area contributed by atoms with Crippen LogP contribution in [0.1, 0.15) is 138 Å². The van der Waals surface area contributed by atoms with Crippen LogP contribution >= 0.6 is 7.37 Å². The first-order valence-electron chi connectivity index (χ1n) is 27.0. The molecule has 5 rings (SSSR count). The molecule has 1 aliphatic carbocycles. The highest BCUT2D eigenvalue weighted by molar-refractivity contribution is 7.89. The number of esters is 1. The van der Waals surface area contributed by atoms with Gasteiger partial charge in [0, 0.05) is 58.5 Å². The molecule has 1 unspecified atom stereocenters. The normalized spacial score (nSPS) is 39.6. The van der Waals surface area contributed by atoms with Crippen LogP contribution in [0.3, 0.4) is 0 Å². The molecular formula is C55H89N2O14PS. The summed E-state index contributed by atoms with van der Waals surface area (Å²) in [5, 5.41) is 23.8. The van der Waals surface area contributed by atoms with Crippen LogP contribution in [0.5, 0.6) is 0 Å². The SMILES string of the molecule is CO[C@@H]1C[C@H](C[C@@H](C)[C@@H]2CC[C@H](C)/C=C(\C)[C@@H](O)[C@@H](OC)C(=O)[C@H](C)C[C@H](C)/C=C/C=C/C=C(\C)C(N3CCCS3(=O)=O)C[C@@H]3CC[C@@H](C)[C@@](O)(O3)C(=O)C(=O)N3CCCC[C@H]3C(=O)O2)CC[C@H]1OP(C)(C)=O. The van der Waals surface area contributed by atoms with E-state index in [2.05, 4.69) is 0 Å². The number of piperidine rings is 1. The molecule has 1 saturated carbocycles. The van der Waals surface area contributed by atoms with E-state index in [0.29, 0.717) is 82.7 Å². The predicted molar refractivity (Wildman–Crippen MR) is 281 cm³/mol. The minimum atomic E-state index is -3.61. The quantitative estimate of drug-likeness (QED) is 0.102. The van der Waals surface area contributed by atoms with Crippen LogP contribution in [-0.2, 0) is 57.2 Å². The van der Waals surface area contributed by atoms with Gasteiger partial charge >= 0.3 is 5.97 Å². The molecule has 5 aliphatic rings. The summed E-state index contributed by atoms with van der Waals surface area (Å²) in [7, 11) is -3.32. The number of Topliss-reactive ketones (excluding diaryl/α,β-unsaturated/α-hetero) is 2. The van der Waals surface area contributed by atoms with Crippen LogP contribution < -0.4 is 0 Å². The van der Waals surface area contributed by atoms with E-state index in [-0.39, 0.29) is 66.8 Å². The molecule has 0 aromatic carbocycles. The molecule has 0 aromatic heterocycles. The van der Waals surface area contributed by atoms with Crippen LogP contribution in [0.2, 0.25) is 0 Å². The molecule has 4 aliphatic heterocycles. The van der Waals surface area contributed by atoms with Gasteiger partial charge in [-0.15, -0.1) is 0 Å². The molecule has 4 heterocycles. The molecule has 0 spiro atoms. The Hall–Kier alpha value is -2.86. The Kier molecular flexibility index (Phi) is 22.5. The van der Waals surface area contributed by atoms with E-state index in [9.17, 15) is 42.4 Å². The summed E-state index contributed by atoms with van der Waals surface area (Å²) in [5.74, 6) is -6.88. The largest absolute Gasteiger partial charge is 0.461 e. The highest BCUT2D eigenvalue weighted by atomic mass is 32.2. The van der Waals surface area contributed by atoms with Gasteiger partial charge in [0.1, 0.15) is 24.4 Å². The number of methoxy groups -OCH3 is 2. The number of fused-ring (bicyclic) bond motifs is 3.